The third-order valence-corrected chi connectivity index (χ3v) is 4.52. The molecule has 0 radical (unpaired) electrons. The topological polar surface area (TPSA) is 87.5 Å². The maximum Gasteiger partial charge on any atom is 0.239 e. The van der Waals surface area contributed by atoms with E-state index in [1.165, 1.54) is 6.92 Å². The summed E-state index contributed by atoms with van der Waals surface area (Å²) in [6.07, 6.45) is 3.47. The van der Waals surface area contributed by atoms with Crippen molar-refractivity contribution in [1.82, 2.24) is 15.5 Å². The van der Waals surface area contributed by atoms with Crippen molar-refractivity contribution >= 4 is 28.8 Å². The Labute approximate surface area is 149 Å². The van der Waals surface area contributed by atoms with Crippen molar-refractivity contribution in [3.8, 4) is 0 Å². The van der Waals surface area contributed by atoms with E-state index in [-0.39, 0.29) is 52.5 Å². The van der Waals surface area contributed by atoms with Crippen molar-refractivity contribution in [1.29, 1.82) is 0 Å². The summed E-state index contributed by atoms with van der Waals surface area (Å²) in [5.74, 6) is -0.00932. The number of nitrogens with zero attached hydrogens (tertiary/aromatic N) is 1. The van der Waals surface area contributed by atoms with Gasteiger partial charge in [-0.3, -0.25) is 9.59 Å². The molecule has 23 heavy (non-hydrogen) atoms. The highest BCUT2D eigenvalue weighted by Crippen LogP contribution is 2.28. The summed E-state index contributed by atoms with van der Waals surface area (Å²) in [5.41, 5.74) is 5.89. The van der Waals surface area contributed by atoms with E-state index in [2.05, 4.69) is 31.4 Å². The number of carbonyl (C=O) groups excluding carboxylic acids is 2. The number of nitrogens with one attached hydrogen (secondary N) is 2. The normalized spacial score (nSPS) is 31.7. The first kappa shape index (κ1) is 20.4. The quantitative estimate of drug-likeness (QED) is 0.668. The first-order valence-electron chi connectivity index (χ1n) is 8.28. The molecular weight excluding hydrogens is 360 g/mol. The highest BCUT2D eigenvalue weighted by atomic mass is 79.9. The molecule has 1 aliphatic heterocycles. The molecule has 1 saturated heterocycles. The van der Waals surface area contributed by atoms with Gasteiger partial charge in [-0.05, 0) is 46.5 Å². The lowest BCUT2D eigenvalue weighted by atomic mass is 9.84. The van der Waals surface area contributed by atoms with Gasteiger partial charge in [0, 0.05) is 25.0 Å². The van der Waals surface area contributed by atoms with E-state index < -0.39 is 0 Å². The molecule has 134 valence electrons. The van der Waals surface area contributed by atoms with Crippen LogP contribution in [0.25, 0.3) is 0 Å². The minimum atomic E-state index is -0.372. The maximum absolute atomic E-state index is 12.2. The summed E-state index contributed by atoms with van der Waals surface area (Å²) >= 11 is 0. The van der Waals surface area contributed by atoms with Crippen LogP contribution < -0.4 is 16.4 Å². The molecular formula is C16H31BrN4O2. The summed E-state index contributed by atoms with van der Waals surface area (Å²) in [4.78, 5) is 25.7. The third kappa shape index (κ3) is 5.43. The molecule has 2 fully saturated rings. The first-order chi connectivity index (χ1) is 10.2. The molecule has 7 heteroatoms. The highest BCUT2D eigenvalue weighted by molar-refractivity contribution is 8.93. The van der Waals surface area contributed by atoms with Crippen LogP contribution in [-0.2, 0) is 9.59 Å². The van der Waals surface area contributed by atoms with E-state index in [1.807, 2.05) is 4.90 Å². The Hall–Kier alpha value is -0.660. The molecule has 0 aromatic rings. The van der Waals surface area contributed by atoms with Crippen molar-refractivity contribution in [2.75, 3.05) is 6.54 Å². The van der Waals surface area contributed by atoms with E-state index >= 15 is 0 Å². The Morgan fingerprint density at radius 3 is 2.39 bits per heavy atom. The van der Waals surface area contributed by atoms with E-state index in [4.69, 9.17) is 5.73 Å². The molecule has 4 atom stereocenters. The van der Waals surface area contributed by atoms with Gasteiger partial charge in [0.25, 0.3) is 0 Å². The number of rotatable bonds is 3. The van der Waals surface area contributed by atoms with Crippen LogP contribution in [-0.4, -0.2) is 53.0 Å². The second-order valence-corrected chi connectivity index (χ2v) is 7.71. The van der Waals surface area contributed by atoms with E-state index in [1.54, 1.807) is 0 Å². The second kappa shape index (κ2) is 7.94. The van der Waals surface area contributed by atoms with E-state index in [0.29, 0.717) is 19.0 Å². The Morgan fingerprint density at radius 2 is 1.91 bits per heavy atom. The van der Waals surface area contributed by atoms with Gasteiger partial charge >= 0.3 is 0 Å². The molecule has 6 nitrogen and oxygen atoms in total. The molecule has 1 heterocycles. The lowest BCUT2D eigenvalue weighted by Gasteiger charge is -2.43. The van der Waals surface area contributed by atoms with Gasteiger partial charge in [0.2, 0.25) is 11.8 Å². The number of hydrogen-bond acceptors (Lipinski definition) is 4. The van der Waals surface area contributed by atoms with Gasteiger partial charge in [-0.2, -0.15) is 0 Å². The van der Waals surface area contributed by atoms with Crippen molar-refractivity contribution in [2.45, 2.75) is 83.1 Å². The molecule has 2 amide bonds. The SMILES string of the molecule is Br.CC(=O)N[C@@H]1C[C@H](NC(C)(C)C)CC[C@@H]1N1CCC(N)C1=O. The predicted molar refractivity (Wildman–Crippen MR) is 96.5 cm³/mol. The molecule has 2 aliphatic rings. The van der Waals surface area contributed by atoms with E-state index in [0.717, 1.165) is 19.3 Å². The van der Waals surface area contributed by atoms with Gasteiger partial charge in [0.1, 0.15) is 0 Å². The predicted octanol–water partition coefficient (Wildman–Crippen LogP) is 0.938. The van der Waals surface area contributed by atoms with Crippen molar-refractivity contribution < 1.29 is 9.59 Å². The maximum atomic E-state index is 12.2. The Bertz CT molecular complexity index is 438. The van der Waals surface area contributed by atoms with Crippen molar-refractivity contribution in [3.05, 3.63) is 0 Å². The third-order valence-electron chi connectivity index (χ3n) is 4.52. The zero-order chi connectivity index (χ0) is 16.5. The van der Waals surface area contributed by atoms with Crippen LogP contribution in [0, 0.1) is 0 Å². The van der Waals surface area contributed by atoms with Gasteiger partial charge in [0.05, 0.1) is 18.1 Å². The van der Waals surface area contributed by atoms with Crippen LogP contribution in [0.4, 0.5) is 0 Å². The number of halogens is 1. The fraction of sp³-hybridized carbons (Fsp3) is 0.875. The lowest BCUT2D eigenvalue weighted by molar-refractivity contribution is -0.133. The van der Waals surface area contributed by atoms with E-state index in [9.17, 15) is 9.59 Å². The molecule has 0 aromatic carbocycles. The molecule has 0 aromatic heterocycles. The zero-order valence-electron chi connectivity index (χ0n) is 14.6. The smallest absolute Gasteiger partial charge is 0.239 e. The van der Waals surface area contributed by atoms with Gasteiger partial charge < -0.3 is 21.3 Å². The van der Waals surface area contributed by atoms with Crippen molar-refractivity contribution in [2.24, 2.45) is 5.73 Å². The zero-order valence-corrected chi connectivity index (χ0v) is 16.3. The fourth-order valence-corrected chi connectivity index (χ4v) is 3.74. The number of hydrogen-bond donors (Lipinski definition) is 3. The summed E-state index contributed by atoms with van der Waals surface area (Å²) < 4.78 is 0. The van der Waals surface area contributed by atoms with Gasteiger partial charge in [0.15, 0.2) is 0 Å². The minimum Gasteiger partial charge on any atom is -0.351 e. The van der Waals surface area contributed by atoms with Crippen molar-refractivity contribution in [3.63, 3.8) is 0 Å². The monoisotopic (exact) mass is 390 g/mol. The average molecular weight is 391 g/mol. The van der Waals surface area contributed by atoms with Crippen LogP contribution in [0.15, 0.2) is 0 Å². The Morgan fingerprint density at radius 1 is 1.26 bits per heavy atom. The van der Waals surface area contributed by atoms with Crippen LogP contribution in [0.2, 0.25) is 0 Å². The number of nitrogens with two attached hydrogens (primary N) is 1. The molecule has 0 spiro atoms. The number of amides is 2. The second-order valence-electron chi connectivity index (χ2n) is 7.71. The highest BCUT2D eigenvalue weighted by Gasteiger charge is 2.41. The van der Waals surface area contributed by atoms with Gasteiger partial charge in [-0.25, -0.2) is 0 Å². The standard InChI is InChI=1S/C16H30N4O2.BrH/c1-10(21)18-13-9-11(19-16(2,3)4)5-6-14(13)20-8-7-12(17)15(20)22;/h11-14,19H,5-9,17H2,1-4H3,(H,18,21);1H/t11-,12?,13-,14+;/m1./s1. The summed E-state index contributed by atoms with van der Waals surface area (Å²) in [5, 5.41) is 6.66. The Kier molecular flexibility index (Phi) is 7.04. The van der Waals surface area contributed by atoms with Gasteiger partial charge in [-0.15, -0.1) is 17.0 Å². The number of carbonyl (C=O) groups is 2. The molecule has 1 unspecified atom stereocenters. The molecule has 1 saturated carbocycles. The van der Waals surface area contributed by atoms with Crippen LogP contribution in [0.5, 0.6) is 0 Å². The minimum absolute atomic E-state index is 0. The average Bonchev–Trinajstić information content (AvgIpc) is 2.68. The molecule has 2 rings (SSSR count). The summed E-state index contributed by atoms with van der Waals surface area (Å²) in [6.45, 7) is 8.69. The van der Waals surface area contributed by atoms with Crippen LogP contribution >= 0.6 is 17.0 Å². The first-order valence-corrected chi connectivity index (χ1v) is 8.28. The lowest BCUT2D eigenvalue weighted by Crippen LogP contribution is -2.59. The summed E-state index contributed by atoms with van der Waals surface area (Å²) in [7, 11) is 0. The fourth-order valence-electron chi connectivity index (χ4n) is 3.74. The molecule has 1 aliphatic carbocycles. The van der Waals surface area contributed by atoms with Crippen LogP contribution in [0.3, 0.4) is 0 Å². The van der Waals surface area contributed by atoms with Crippen LogP contribution in [0.1, 0.15) is 53.4 Å². The largest absolute Gasteiger partial charge is 0.351 e. The number of likely N-dealkylation sites (tertiary alicyclic amines) is 1. The summed E-state index contributed by atoms with van der Waals surface area (Å²) in [6, 6.07) is 0.0613. The molecule has 0 bridgehead atoms. The molecule has 4 N–H and O–H groups in total. The van der Waals surface area contributed by atoms with Gasteiger partial charge in [-0.1, -0.05) is 0 Å². The Balaban J connectivity index is 0.00000264.